The van der Waals surface area contributed by atoms with Crippen molar-refractivity contribution in [2.75, 3.05) is 26.2 Å². The van der Waals surface area contributed by atoms with Crippen molar-refractivity contribution in [1.29, 1.82) is 0 Å². The quantitative estimate of drug-likeness (QED) is 0.835. The molecule has 1 N–H and O–H groups in total. The van der Waals surface area contributed by atoms with Crippen molar-refractivity contribution in [3.63, 3.8) is 0 Å². The molecule has 88 valence electrons. The highest BCUT2D eigenvalue weighted by Crippen LogP contribution is 2.17. The average molecular weight is 218 g/mol. The van der Waals surface area contributed by atoms with Gasteiger partial charge in [0.25, 0.3) is 0 Å². The third-order valence-corrected chi connectivity index (χ3v) is 3.52. The Morgan fingerprint density at radius 2 is 2.12 bits per heavy atom. The van der Waals surface area contributed by atoms with Crippen LogP contribution in [0.4, 0.5) is 0 Å². The molecule has 0 unspecified atom stereocenters. The van der Waals surface area contributed by atoms with Crippen LogP contribution in [0.5, 0.6) is 0 Å². The normalized spacial score (nSPS) is 24.2. The summed E-state index contributed by atoms with van der Waals surface area (Å²) in [6.07, 6.45) is 0. The van der Waals surface area contributed by atoms with Crippen LogP contribution in [-0.2, 0) is 0 Å². The van der Waals surface area contributed by atoms with Gasteiger partial charge in [-0.1, -0.05) is 37.3 Å². The van der Waals surface area contributed by atoms with E-state index < -0.39 is 0 Å². The predicted octanol–water partition coefficient (Wildman–Crippen LogP) is 2.08. The first-order valence-electron chi connectivity index (χ1n) is 6.27. The maximum Gasteiger partial charge on any atom is 0.0193 e. The van der Waals surface area contributed by atoms with Crippen LogP contribution in [0, 0.1) is 0 Å². The Bertz CT molecular complexity index is 310. The molecule has 1 fully saturated rings. The minimum atomic E-state index is 0.627. The van der Waals surface area contributed by atoms with Crippen LogP contribution in [0.1, 0.15) is 25.3 Å². The van der Waals surface area contributed by atoms with Crippen LogP contribution in [0.2, 0.25) is 0 Å². The van der Waals surface area contributed by atoms with Gasteiger partial charge in [-0.2, -0.15) is 0 Å². The molecule has 2 rings (SSSR count). The van der Waals surface area contributed by atoms with E-state index in [4.69, 9.17) is 0 Å². The molecule has 0 aliphatic carbocycles. The molecule has 2 atom stereocenters. The van der Waals surface area contributed by atoms with E-state index in [1.807, 2.05) is 0 Å². The molecule has 1 heterocycles. The Labute approximate surface area is 98.7 Å². The van der Waals surface area contributed by atoms with Crippen molar-refractivity contribution >= 4 is 0 Å². The van der Waals surface area contributed by atoms with E-state index in [9.17, 15) is 0 Å². The van der Waals surface area contributed by atoms with Crippen molar-refractivity contribution in [3.8, 4) is 0 Å². The summed E-state index contributed by atoms with van der Waals surface area (Å²) in [5.41, 5.74) is 1.45. The van der Waals surface area contributed by atoms with Crippen molar-refractivity contribution in [2.45, 2.75) is 25.8 Å². The van der Waals surface area contributed by atoms with Gasteiger partial charge < -0.3 is 5.32 Å². The lowest BCUT2D eigenvalue weighted by molar-refractivity contribution is 0.166. The number of piperazine rings is 1. The molecule has 1 aromatic rings. The second-order valence-electron chi connectivity index (χ2n) is 4.86. The van der Waals surface area contributed by atoms with Gasteiger partial charge in [0.1, 0.15) is 0 Å². The lowest BCUT2D eigenvalue weighted by atomic mass is 10.00. The fourth-order valence-corrected chi connectivity index (χ4v) is 2.39. The molecule has 1 saturated heterocycles. The molecule has 0 aromatic heterocycles. The number of hydrogen-bond acceptors (Lipinski definition) is 2. The monoisotopic (exact) mass is 218 g/mol. The Morgan fingerprint density at radius 3 is 2.81 bits per heavy atom. The summed E-state index contributed by atoms with van der Waals surface area (Å²) in [4.78, 5) is 2.59. The fraction of sp³-hybridized carbons (Fsp3) is 0.571. The van der Waals surface area contributed by atoms with E-state index in [-0.39, 0.29) is 0 Å². The van der Waals surface area contributed by atoms with Gasteiger partial charge in [0.05, 0.1) is 0 Å². The topological polar surface area (TPSA) is 15.3 Å². The molecule has 2 heteroatoms. The number of hydrogen-bond donors (Lipinski definition) is 1. The smallest absolute Gasteiger partial charge is 0.0193 e. The van der Waals surface area contributed by atoms with E-state index in [1.165, 1.54) is 18.7 Å². The zero-order valence-corrected chi connectivity index (χ0v) is 10.3. The zero-order valence-electron chi connectivity index (χ0n) is 10.3. The van der Waals surface area contributed by atoms with E-state index in [0.717, 1.165) is 13.1 Å². The number of benzene rings is 1. The SMILES string of the molecule is C[C@@H](CN1CCNC[C@@H]1C)c1ccccc1. The Balaban J connectivity index is 1.94. The molecule has 2 nitrogen and oxygen atoms in total. The summed E-state index contributed by atoms with van der Waals surface area (Å²) in [5.74, 6) is 0.627. The Kier molecular flexibility index (Phi) is 3.97. The molecule has 0 saturated carbocycles. The molecule has 0 spiro atoms. The highest BCUT2D eigenvalue weighted by molar-refractivity contribution is 5.19. The van der Waals surface area contributed by atoms with E-state index >= 15 is 0 Å². The maximum atomic E-state index is 3.44. The second-order valence-corrected chi connectivity index (χ2v) is 4.86. The van der Waals surface area contributed by atoms with Crippen molar-refractivity contribution in [1.82, 2.24) is 10.2 Å². The molecular formula is C14H22N2. The third kappa shape index (κ3) is 2.83. The van der Waals surface area contributed by atoms with Crippen LogP contribution in [-0.4, -0.2) is 37.1 Å². The number of rotatable bonds is 3. The molecule has 16 heavy (non-hydrogen) atoms. The van der Waals surface area contributed by atoms with Crippen LogP contribution < -0.4 is 5.32 Å². The van der Waals surface area contributed by atoms with Gasteiger partial charge in [0, 0.05) is 32.2 Å². The molecule has 0 bridgehead atoms. The van der Waals surface area contributed by atoms with E-state index in [2.05, 4.69) is 54.4 Å². The minimum absolute atomic E-state index is 0.627. The lowest BCUT2D eigenvalue weighted by Gasteiger charge is -2.35. The molecule has 0 amide bonds. The highest BCUT2D eigenvalue weighted by atomic mass is 15.2. The van der Waals surface area contributed by atoms with Crippen LogP contribution in [0.25, 0.3) is 0 Å². The van der Waals surface area contributed by atoms with Gasteiger partial charge >= 0.3 is 0 Å². The summed E-state index contributed by atoms with van der Waals surface area (Å²) in [7, 11) is 0. The Hall–Kier alpha value is -0.860. The molecule has 1 aliphatic heterocycles. The molecule has 1 aromatic carbocycles. The summed E-state index contributed by atoms with van der Waals surface area (Å²) < 4.78 is 0. The molecular weight excluding hydrogens is 196 g/mol. The predicted molar refractivity (Wildman–Crippen MR) is 68.8 cm³/mol. The standard InChI is InChI=1S/C14H22N2/c1-12(14-6-4-3-5-7-14)11-16-9-8-15-10-13(16)2/h3-7,12-13,15H,8-11H2,1-2H3/t12-,13-/m0/s1. The van der Waals surface area contributed by atoms with Gasteiger partial charge in [-0.25, -0.2) is 0 Å². The van der Waals surface area contributed by atoms with Gasteiger partial charge in [-0.15, -0.1) is 0 Å². The first kappa shape index (κ1) is 11.6. The molecule has 0 radical (unpaired) electrons. The first-order valence-corrected chi connectivity index (χ1v) is 6.27. The highest BCUT2D eigenvalue weighted by Gasteiger charge is 2.19. The number of nitrogens with one attached hydrogen (secondary N) is 1. The maximum absolute atomic E-state index is 3.44. The van der Waals surface area contributed by atoms with Gasteiger partial charge in [0.2, 0.25) is 0 Å². The second kappa shape index (κ2) is 5.46. The summed E-state index contributed by atoms with van der Waals surface area (Å²) in [6.45, 7) is 9.24. The minimum Gasteiger partial charge on any atom is -0.314 e. The summed E-state index contributed by atoms with van der Waals surface area (Å²) in [6, 6.07) is 11.5. The lowest BCUT2D eigenvalue weighted by Crippen LogP contribution is -2.50. The summed E-state index contributed by atoms with van der Waals surface area (Å²) in [5, 5.41) is 3.44. The van der Waals surface area contributed by atoms with Crippen molar-refractivity contribution < 1.29 is 0 Å². The summed E-state index contributed by atoms with van der Waals surface area (Å²) >= 11 is 0. The van der Waals surface area contributed by atoms with Crippen molar-refractivity contribution in [2.24, 2.45) is 0 Å². The first-order chi connectivity index (χ1) is 7.77. The average Bonchev–Trinajstić information content (AvgIpc) is 2.33. The van der Waals surface area contributed by atoms with Gasteiger partial charge in [0.15, 0.2) is 0 Å². The number of nitrogens with zero attached hydrogens (tertiary/aromatic N) is 1. The van der Waals surface area contributed by atoms with Crippen molar-refractivity contribution in [3.05, 3.63) is 35.9 Å². The zero-order chi connectivity index (χ0) is 11.4. The van der Waals surface area contributed by atoms with E-state index in [0.29, 0.717) is 12.0 Å². The van der Waals surface area contributed by atoms with Crippen LogP contribution in [0.15, 0.2) is 30.3 Å². The van der Waals surface area contributed by atoms with Gasteiger partial charge in [-0.05, 0) is 18.4 Å². The van der Waals surface area contributed by atoms with Crippen LogP contribution in [0.3, 0.4) is 0 Å². The molecule has 1 aliphatic rings. The van der Waals surface area contributed by atoms with Gasteiger partial charge in [-0.3, -0.25) is 4.90 Å². The Morgan fingerprint density at radius 1 is 1.38 bits per heavy atom. The van der Waals surface area contributed by atoms with Crippen LogP contribution >= 0.6 is 0 Å². The third-order valence-electron chi connectivity index (χ3n) is 3.52. The fourth-order valence-electron chi connectivity index (χ4n) is 2.39. The largest absolute Gasteiger partial charge is 0.314 e. The van der Waals surface area contributed by atoms with E-state index in [1.54, 1.807) is 0 Å².